The molecule has 26 heavy (non-hydrogen) atoms. The molecule has 3 rings (SSSR count). The molecular weight excluding hydrogens is 374 g/mol. The lowest BCUT2D eigenvalue weighted by Gasteiger charge is -2.21. The molecule has 3 N–H and O–H groups in total. The summed E-state index contributed by atoms with van der Waals surface area (Å²) in [5.41, 5.74) is 2.08. The fourth-order valence-corrected chi connectivity index (χ4v) is 5.30. The van der Waals surface area contributed by atoms with Crippen LogP contribution in [0.2, 0.25) is 0 Å². The van der Waals surface area contributed by atoms with E-state index in [-0.39, 0.29) is 17.9 Å². The first-order valence-corrected chi connectivity index (χ1v) is 10.3. The molecule has 0 radical (unpaired) electrons. The van der Waals surface area contributed by atoms with E-state index in [1.165, 1.54) is 23.5 Å². The molecule has 0 aromatic heterocycles. The van der Waals surface area contributed by atoms with E-state index < -0.39 is 23.3 Å². The molecule has 2 heterocycles. The number of carbonyl (C=O) groups is 3. The minimum atomic E-state index is -0.752. The van der Waals surface area contributed by atoms with E-state index in [0.717, 1.165) is 21.9 Å². The molecule has 1 fully saturated rings. The third-order valence-corrected chi connectivity index (χ3v) is 6.56. The predicted molar refractivity (Wildman–Crippen MR) is 102 cm³/mol. The number of alkyl carbamates (subject to hydrolysis) is 1. The minimum Gasteiger partial charge on any atom is -0.450 e. The van der Waals surface area contributed by atoms with Crippen LogP contribution >= 0.6 is 23.5 Å². The van der Waals surface area contributed by atoms with E-state index in [4.69, 9.17) is 4.74 Å². The topological polar surface area (TPSA) is 96.5 Å². The van der Waals surface area contributed by atoms with E-state index in [2.05, 4.69) is 16.0 Å². The summed E-state index contributed by atoms with van der Waals surface area (Å²) < 4.78 is 4.74. The maximum atomic E-state index is 12.6. The summed E-state index contributed by atoms with van der Waals surface area (Å²) in [7, 11) is 0. The van der Waals surface area contributed by atoms with Gasteiger partial charge in [0.05, 0.1) is 17.9 Å². The van der Waals surface area contributed by atoms with Crippen molar-refractivity contribution in [2.75, 3.05) is 17.7 Å². The first kappa shape index (κ1) is 18.9. The number of rotatable bonds is 4. The van der Waals surface area contributed by atoms with Crippen LogP contribution in [0, 0.1) is 12.8 Å². The van der Waals surface area contributed by atoms with Crippen LogP contribution in [-0.4, -0.2) is 41.0 Å². The molecule has 2 aliphatic rings. The summed E-state index contributed by atoms with van der Waals surface area (Å²) in [6, 6.07) is 6.00. The molecule has 3 atom stereocenters. The van der Waals surface area contributed by atoms with E-state index in [0.29, 0.717) is 6.42 Å². The quantitative estimate of drug-likeness (QED) is 0.720. The monoisotopic (exact) mass is 395 g/mol. The highest BCUT2D eigenvalue weighted by Crippen LogP contribution is 2.39. The Bertz CT molecular complexity index is 728. The second-order valence-electron chi connectivity index (χ2n) is 6.05. The lowest BCUT2D eigenvalue weighted by molar-refractivity contribution is -0.125. The van der Waals surface area contributed by atoms with Crippen molar-refractivity contribution < 1.29 is 19.1 Å². The van der Waals surface area contributed by atoms with Gasteiger partial charge >= 0.3 is 6.09 Å². The van der Waals surface area contributed by atoms with E-state index >= 15 is 0 Å². The van der Waals surface area contributed by atoms with Gasteiger partial charge in [-0.2, -0.15) is 0 Å². The van der Waals surface area contributed by atoms with Gasteiger partial charge in [-0.15, -0.1) is 11.8 Å². The van der Waals surface area contributed by atoms with Crippen LogP contribution in [-0.2, 0) is 14.3 Å². The Hall–Kier alpha value is -1.87. The number of benzene rings is 1. The molecule has 3 amide bonds. The number of imide groups is 1. The number of hydrogen-bond acceptors (Lipinski definition) is 7. The first-order valence-electron chi connectivity index (χ1n) is 8.41. The van der Waals surface area contributed by atoms with E-state index in [1.807, 2.05) is 25.1 Å². The highest BCUT2D eigenvalue weighted by Gasteiger charge is 2.38. The zero-order chi connectivity index (χ0) is 18.7. The third kappa shape index (κ3) is 4.27. The van der Waals surface area contributed by atoms with Crippen molar-refractivity contribution in [3.05, 3.63) is 23.8 Å². The second-order valence-corrected chi connectivity index (χ2v) is 8.44. The van der Waals surface area contributed by atoms with E-state index in [1.54, 1.807) is 6.92 Å². The second kappa shape index (κ2) is 8.22. The van der Waals surface area contributed by atoms with Crippen LogP contribution in [0.5, 0.6) is 0 Å². The van der Waals surface area contributed by atoms with Crippen LogP contribution in [0.25, 0.3) is 0 Å². The van der Waals surface area contributed by atoms with Crippen LogP contribution in [0.15, 0.2) is 23.1 Å². The van der Waals surface area contributed by atoms with Crippen molar-refractivity contribution in [2.24, 2.45) is 5.92 Å². The fraction of sp³-hybridized carbons (Fsp3) is 0.471. The average molecular weight is 396 g/mol. The number of amides is 3. The molecule has 140 valence electrons. The maximum absolute atomic E-state index is 12.6. The van der Waals surface area contributed by atoms with Crippen molar-refractivity contribution in [1.29, 1.82) is 0 Å². The van der Waals surface area contributed by atoms with Gasteiger partial charge in [0.25, 0.3) is 5.91 Å². The van der Waals surface area contributed by atoms with Crippen molar-refractivity contribution >= 4 is 47.1 Å². The highest BCUT2D eigenvalue weighted by atomic mass is 32.2. The summed E-state index contributed by atoms with van der Waals surface area (Å²) >= 11 is 2.97. The molecule has 1 aromatic carbocycles. The highest BCUT2D eigenvalue weighted by molar-refractivity contribution is 8.01. The number of thioether (sulfide) groups is 2. The summed E-state index contributed by atoms with van der Waals surface area (Å²) in [4.78, 5) is 37.4. The summed E-state index contributed by atoms with van der Waals surface area (Å²) in [5.74, 6) is -0.289. The number of hydrogen-bond donors (Lipinski definition) is 3. The Morgan fingerprint density at radius 1 is 1.31 bits per heavy atom. The molecule has 9 heteroatoms. The van der Waals surface area contributed by atoms with Crippen LogP contribution < -0.4 is 16.0 Å². The molecule has 0 spiro atoms. The van der Waals surface area contributed by atoms with Gasteiger partial charge in [0.15, 0.2) is 5.37 Å². The lowest BCUT2D eigenvalue weighted by atomic mass is 10.1. The molecule has 0 aliphatic carbocycles. The van der Waals surface area contributed by atoms with Crippen molar-refractivity contribution in [3.63, 3.8) is 0 Å². The SMILES string of the molecule is CCOC(=O)NC(=O)C1CCSC1NC(=O)C1Nc2ccc(C)cc2S1. The van der Waals surface area contributed by atoms with Gasteiger partial charge in [-0.25, -0.2) is 4.79 Å². The van der Waals surface area contributed by atoms with Gasteiger partial charge in [-0.05, 0) is 43.7 Å². The molecule has 1 aromatic rings. The zero-order valence-corrected chi connectivity index (χ0v) is 16.2. The van der Waals surface area contributed by atoms with Gasteiger partial charge in [-0.1, -0.05) is 17.8 Å². The largest absolute Gasteiger partial charge is 0.450 e. The van der Waals surface area contributed by atoms with Crippen LogP contribution in [0.4, 0.5) is 10.5 Å². The minimum absolute atomic E-state index is 0.169. The van der Waals surface area contributed by atoms with Gasteiger partial charge < -0.3 is 15.4 Å². The summed E-state index contributed by atoms with van der Waals surface area (Å²) in [5, 5.41) is 7.57. The van der Waals surface area contributed by atoms with Crippen LogP contribution in [0.1, 0.15) is 18.9 Å². The molecule has 0 bridgehead atoms. The van der Waals surface area contributed by atoms with Crippen molar-refractivity contribution in [2.45, 2.75) is 35.9 Å². The van der Waals surface area contributed by atoms with Gasteiger partial charge in [0.2, 0.25) is 5.91 Å². The van der Waals surface area contributed by atoms with Gasteiger partial charge in [0.1, 0.15) is 0 Å². The van der Waals surface area contributed by atoms with Crippen LogP contribution in [0.3, 0.4) is 0 Å². The average Bonchev–Trinajstić information content (AvgIpc) is 3.21. The fourth-order valence-electron chi connectivity index (χ4n) is 2.84. The summed E-state index contributed by atoms with van der Waals surface area (Å²) in [6.07, 6.45) is -0.149. The number of fused-ring (bicyclic) bond motifs is 1. The maximum Gasteiger partial charge on any atom is 0.413 e. The first-order chi connectivity index (χ1) is 12.5. The number of nitrogens with one attached hydrogen (secondary N) is 3. The van der Waals surface area contributed by atoms with Gasteiger partial charge in [0, 0.05) is 10.6 Å². The third-order valence-electron chi connectivity index (χ3n) is 4.12. The lowest BCUT2D eigenvalue weighted by Crippen LogP contribution is -2.47. The van der Waals surface area contributed by atoms with E-state index in [9.17, 15) is 14.4 Å². The van der Waals surface area contributed by atoms with Gasteiger partial charge in [-0.3, -0.25) is 14.9 Å². The summed E-state index contributed by atoms with van der Waals surface area (Å²) in [6.45, 7) is 3.88. The Morgan fingerprint density at radius 3 is 2.88 bits per heavy atom. The Labute approximate surface area is 160 Å². The normalized spacial score (nSPS) is 23.7. The Kier molecular flexibility index (Phi) is 5.98. The number of ether oxygens (including phenoxy) is 1. The molecule has 1 saturated heterocycles. The molecule has 2 aliphatic heterocycles. The number of carbonyl (C=O) groups excluding carboxylic acids is 3. The standard InChI is InChI=1S/C17H21N3O4S2/c1-3-24-17(23)20-13(21)10-6-7-25-15(10)19-14(22)16-18-11-5-4-9(2)8-12(11)26-16/h4-5,8,10,15-16,18H,3,6-7H2,1-2H3,(H,19,22)(H,20,21,23). The van der Waals surface area contributed by atoms with Crippen molar-refractivity contribution in [3.8, 4) is 0 Å². The number of aryl methyl sites for hydroxylation is 1. The smallest absolute Gasteiger partial charge is 0.413 e. The Morgan fingerprint density at radius 2 is 2.12 bits per heavy atom. The molecular formula is C17H21N3O4S2. The number of anilines is 1. The molecule has 0 saturated carbocycles. The van der Waals surface area contributed by atoms with Crippen molar-refractivity contribution in [1.82, 2.24) is 10.6 Å². The molecule has 3 unspecified atom stereocenters. The zero-order valence-electron chi connectivity index (χ0n) is 14.5. The predicted octanol–water partition coefficient (Wildman–Crippen LogP) is 2.31. The molecule has 7 nitrogen and oxygen atoms in total. The Balaban J connectivity index is 1.57.